The Morgan fingerprint density at radius 2 is 1.72 bits per heavy atom. The van der Waals surface area contributed by atoms with Crippen molar-refractivity contribution in [3.8, 4) is 0 Å². The number of fused-ring (bicyclic) bond motifs is 2. The first kappa shape index (κ1) is 12.8. The molecule has 4 atom stereocenters. The van der Waals surface area contributed by atoms with E-state index >= 15 is 0 Å². The van der Waals surface area contributed by atoms with Gasteiger partial charge in [-0.1, -0.05) is 0 Å². The Labute approximate surface area is 106 Å². The standard InChI is InChI=1S/C12H20O6/c1-10(2)15-6-12(18-10)9-8(7(13)5-14-12)16-11(3,4)17-9/h7-9,13H,5-6H2,1-4H3/t7-,8-,9+,12+/m1/s1. The van der Waals surface area contributed by atoms with Crippen molar-refractivity contribution in [2.45, 2.75) is 63.4 Å². The molecule has 6 heteroatoms. The van der Waals surface area contributed by atoms with Crippen LogP contribution in [0.5, 0.6) is 0 Å². The van der Waals surface area contributed by atoms with Gasteiger partial charge in [-0.15, -0.1) is 0 Å². The van der Waals surface area contributed by atoms with E-state index in [1.807, 2.05) is 27.7 Å². The van der Waals surface area contributed by atoms with E-state index in [-0.39, 0.29) is 13.2 Å². The third-order valence-corrected chi connectivity index (χ3v) is 3.48. The summed E-state index contributed by atoms with van der Waals surface area (Å²) in [6, 6.07) is 0. The van der Waals surface area contributed by atoms with E-state index in [0.29, 0.717) is 0 Å². The summed E-state index contributed by atoms with van der Waals surface area (Å²) in [6.07, 6.45) is -1.65. The summed E-state index contributed by atoms with van der Waals surface area (Å²) in [4.78, 5) is 0. The van der Waals surface area contributed by atoms with Crippen LogP contribution in [0.25, 0.3) is 0 Å². The van der Waals surface area contributed by atoms with Gasteiger partial charge in [0.25, 0.3) is 0 Å². The molecule has 18 heavy (non-hydrogen) atoms. The molecule has 3 heterocycles. The first-order chi connectivity index (χ1) is 8.23. The predicted molar refractivity (Wildman–Crippen MR) is 59.6 cm³/mol. The van der Waals surface area contributed by atoms with Crippen LogP contribution >= 0.6 is 0 Å². The highest BCUT2D eigenvalue weighted by Gasteiger charge is 2.64. The van der Waals surface area contributed by atoms with Crippen molar-refractivity contribution >= 4 is 0 Å². The predicted octanol–water partition coefficient (Wildman–Crippen LogP) is 0.377. The van der Waals surface area contributed by atoms with Gasteiger partial charge in [0.2, 0.25) is 5.79 Å². The topological polar surface area (TPSA) is 66.4 Å². The average Bonchev–Trinajstić information content (AvgIpc) is 2.72. The van der Waals surface area contributed by atoms with Crippen molar-refractivity contribution in [1.29, 1.82) is 0 Å². The number of aliphatic hydroxyl groups excluding tert-OH is 1. The molecule has 3 aliphatic heterocycles. The van der Waals surface area contributed by atoms with Gasteiger partial charge in [-0.3, -0.25) is 0 Å². The van der Waals surface area contributed by atoms with Crippen LogP contribution in [0.15, 0.2) is 0 Å². The van der Waals surface area contributed by atoms with Gasteiger partial charge in [-0.25, -0.2) is 0 Å². The molecule has 0 aromatic rings. The van der Waals surface area contributed by atoms with Crippen LogP contribution in [-0.2, 0) is 23.7 Å². The van der Waals surface area contributed by atoms with Crippen molar-refractivity contribution in [2.75, 3.05) is 13.2 Å². The molecule has 0 aromatic carbocycles. The fourth-order valence-electron chi connectivity index (χ4n) is 2.77. The molecule has 0 bridgehead atoms. The quantitative estimate of drug-likeness (QED) is 0.679. The van der Waals surface area contributed by atoms with Gasteiger partial charge in [0.1, 0.15) is 24.9 Å². The summed E-state index contributed by atoms with van der Waals surface area (Å²) in [5.41, 5.74) is 0. The maximum atomic E-state index is 9.96. The Morgan fingerprint density at radius 1 is 1.00 bits per heavy atom. The summed E-state index contributed by atoms with van der Waals surface area (Å²) in [7, 11) is 0. The zero-order valence-corrected chi connectivity index (χ0v) is 11.1. The van der Waals surface area contributed by atoms with Crippen molar-refractivity contribution in [1.82, 2.24) is 0 Å². The average molecular weight is 260 g/mol. The third kappa shape index (κ3) is 1.88. The molecule has 1 N–H and O–H groups in total. The van der Waals surface area contributed by atoms with E-state index in [1.165, 1.54) is 0 Å². The Kier molecular flexibility index (Phi) is 2.59. The van der Waals surface area contributed by atoms with E-state index in [9.17, 15) is 5.11 Å². The van der Waals surface area contributed by atoms with Crippen molar-refractivity contribution < 1.29 is 28.8 Å². The first-order valence-electron chi connectivity index (χ1n) is 6.25. The number of hydrogen-bond acceptors (Lipinski definition) is 6. The molecule has 3 fully saturated rings. The van der Waals surface area contributed by atoms with Crippen LogP contribution < -0.4 is 0 Å². The molecular weight excluding hydrogens is 240 g/mol. The molecular formula is C12H20O6. The molecule has 0 amide bonds. The Balaban J connectivity index is 1.89. The van der Waals surface area contributed by atoms with E-state index in [1.54, 1.807) is 0 Å². The molecule has 0 unspecified atom stereocenters. The molecule has 3 aliphatic rings. The first-order valence-corrected chi connectivity index (χ1v) is 6.25. The van der Waals surface area contributed by atoms with Crippen LogP contribution in [-0.4, -0.2) is 54.0 Å². The molecule has 6 nitrogen and oxygen atoms in total. The minimum absolute atomic E-state index is 0.153. The molecule has 0 saturated carbocycles. The summed E-state index contributed by atoms with van der Waals surface area (Å²) in [5, 5.41) is 9.96. The van der Waals surface area contributed by atoms with Crippen LogP contribution in [0.3, 0.4) is 0 Å². The summed E-state index contributed by atoms with van der Waals surface area (Å²) in [5.74, 6) is -2.46. The van der Waals surface area contributed by atoms with E-state index in [0.717, 1.165) is 0 Å². The number of hydrogen-bond donors (Lipinski definition) is 1. The lowest BCUT2D eigenvalue weighted by Crippen LogP contribution is -2.61. The monoisotopic (exact) mass is 260 g/mol. The fourth-order valence-corrected chi connectivity index (χ4v) is 2.77. The highest BCUT2D eigenvalue weighted by Crippen LogP contribution is 2.45. The van der Waals surface area contributed by atoms with E-state index < -0.39 is 35.7 Å². The van der Waals surface area contributed by atoms with Crippen LogP contribution in [0.4, 0.5) is 0 Å². The lowest BCUT2D eigenvalue weighted by atomic mass is 9.97. The van der Waals surface area contributed by atoms with Crippen LogP contribution in [0.1, 0.15) is 27.7 Å². The van der Waals surface area contributed by atoms with Gasteiger partial charge >= 0.3 is 0 Å². The van der Waals surface area contributed by atoms with Crippen LogP contribution in [0.2, 0.25) is 0 Å². The second-order valence-electron chi connectivity index (χ2n) is 6.00. The van der Waals surface area contributed by atoms with Gasteiger partial charge in [-0.2, -0.15) is 0 Å². The zero-order valence-electron chi connectivity index (χ0n) is 11.1. The minimum Gasteiger partial charge on any atom is -0.388 e. The summed E-state index contributed by atoms with van der Waals surface area (Å²) >= 11 is 0. The molecule has 3 rings (SSSR count). The highest BCUT2D eigenvalue weighted by atomic mass is 16.9. The third-order valence-electron chi connectivity index (χ3n) is 3.48. The molecule has 1 spiro atoms. The molecule has 0 radical (unpaired) electrons. The Hall–Kier alpha value is -0.240. The second-order valence-corrected chi connectivity index (χ2v) is 6.00. The van der Waals surface area contributed by atoms with Crippen molar-refractivity contribution in [3.63, 3.8) is 0 Å². The Bertz CT molecular complexity index is 354. The van der Waals surface area contributed by atoms with Gasteiger partial charge in [0.05, 0.1) is 6.61 Å². The lowest BCUT2D eigenvalue weighted by molar-refractivity contribution is -0.323. The zero-order chi connectivity index (χ0) is 13.2. The van der Waals surface area contributed by atoms with Crippen molar-refractivity contribution in [3.05, 3.63) is 0 Å². The van der Waals surface area contributed by atoms with Crippen molar-refractivity contribution in [2.24, 2.45) is 0 Å². The fraction of sp³-hybridized carbons (Fsp3) is 1.00. The normalized spacial score (nSPS) is 49.5. The maximum Gasteiger partial charge on any atom is 0.224 e. The van der Waals surface area contributed by atoms with E-state index in [4.69, 9.17) is 23.7 Å². The number of aliphatic hydroxyl groups is 1. The minimum atomic E-state index is -0.985. The SMILES string of the molecule is CC1(C)O[C@@H]2[C@H](O)CO[C@]3(COC(C)(C)O3)[C@H]2O1. The number of ether oxygens (including phenoxy) is 5. The largest absolute Gasteiger partial charge is 0.388 e. The number of rotatable bonds is 0. The molecule has 0 aliphatic carbocycles. The van der Waals surface area contributed by atoms with Gasteiger partial charge < -0.3 is 28.8 Å². The molecule has 3 saturated heterocycles. The molecule has 104 valence electrons. The lowest BCUT2D eigenvalue weighted by Gasteiger charge is -2.41. The highest BCUT2D eigenvalue weighted by molar-refractivity contribution is 5.02. The molecule has 0 aromatic heterocycles. The van der Waals surface area contributed by atoms with Crippen LogP contribution in [0, 0.1) is 0 Å². The smallest absolute Gasteiger partial charge is 0.224 e. The second kappa shape index (κ2) is 3.65. The van der Waals surface area contributed by atoms with Gasteiger partial charge in [0, 0.05) is 0 Å². The van der Waals surface area contributed by atoms with E-state index in [2.05, 4.69) is 0 Å². The summed E-state index contributed by atoms with van der Waals surface area (Å²) in [6.45, 7) is 7.70. The summed E-state index contributed by atoms with van der Waals surface area (Å²) < 4.78 is 28.7. The van der Waals surface area contributed by atoms with Gasteiger partial charge in [-0.05, 0) is 27.7 Å². The maximum absolute atomic E-state index is 9.96. The van der Waals surface area contributed by atoms with Gasteiger partial charge in [0.15, 0.2) is 11.6 Å². The Morgan fingerprint density at radius 3 is 2.33 bits per heavy atom.